The van der Waals surface area contributed by atoms with E-state index in [1.54, 1.807) is 24.3 Å². The van der Waals surface area contributed by atoms with E-state index in [1.165, 1.54) is 28.7 Å². The summed E-state index contributed by atoms with van der Waals surface area (Å²) in [5.41, 5.74) is 2.29. The first-order valence-electron chi connectivity index (χ1n) is 8.22. The fraction of sp³-hybridized carbons (Fsp3) is 0.316. The molecule has 1 heterocycles. The first-order valence-corrected chi connectivity index (χ1v) is 9.04. The Bertz CT molecular complexity index is 784. The molecule has 1 aromatic heterocycles. The number of carbonyl (C=O) groups is 3. The predicted octanol–water partition coefficient (Wildman–Crippen LogP) is 3.63. The van der Waals surface area contributed by atoms with Gasteiger partial charge in [0.15, 0.2) is 12.4 Å². The Labute approximate surface area is 150 Å². The van der Waals surface area contributed by atoms with Crippen LogP contribution in [0.1, 0.15) is 50.2 Å². The molecule has 0 aliphatic heterocycles. The SMILES string of the molecule is CC(=O)Nc1ccc(C(=O)COC(=O)c2cc3c(s2)CCCC3)cc1. The highest BCUT2D eigenvalue weighted by atomic mass is 32.1. The van der Waals surface area contributed by atoms with Crippen molar-refractivity contribution in [1.82, 2.24) is 0 Å². The van der Waals surface area contributed by atoms with Crippen molar-refractivity contribution in [3.8, 4) is 0 Å². The van der Waals surface area contributed by atoms with Crippen molar-refractivity contribution < 1.29 is 19.1 Å². The van der Waals surface area contributed by atoms with Crippen molar-refractivity contribution in [2.45, 2.75) is 32.6 Å². The Morgan fingerprint density at radius 3 is 2.52 bits per heavy atom. The lowest BCUT2D eigenvalue weighted by molar-refractivity contribution is -0.114. The number of amides is 1. The quantitative estimate of drug-likeness (QED) is 0.655. The van der Waals surface area contributed by atoms with Crippen molar-refractivity contribution in [2.75, 3.05) is 11.9 Å². The van der Waals surface area contributed by atoms with Gasteiger partial charge in [-0.25, -0.2) is 4.79 Å². The third-order valence-electron chi connectivity index (χ3n) is 4.06. The Morgan fingerprint density at radius 2 is 1.84 bits per heavy atom. The standard InChI is InChI=1S/C19H19NO4S/c1-12(21)20-15-8-6-13(7-9-15)16(22)11-24-19(23)18-10-14-4-2-3-5-17(14)25-18/h6-10H,2-5,11H2,1H3,(H,20,21). The van der Waals surface area contributed by atoms with Crippen molar-refractivity contribution in [3.63, 3.8) is 0 Å². The van der Waals surface area contributed by atoms with E-state index in [1.807, 2.05) is 6.07 Å². The number of ketones is 1. The average molecular weight is 357 g/mol. The molecule has 1 N–H and O–H groups in total. The van der Waals surface area contributed by atoms with Crippen LogP contribution in [0.15, 0.2) is 30.3 Å². The average Bonchev–Trinajstić information content (AvgIpc) is 3.03. The third kappa shape index (κ3) is 4.33. The molecule has 0 atom stereocenters. The van der Waals surface area contributed by atoms with Crippen LogP contribution < -0.4 is 5.32 Å². The molecule has 0 unspecified atom stereocenters. The zero-order chi connectivity index (χ0) is 17.8. The van der Waals surface area contributed by atoms with Crippen LogP contribution in [0.2, 0.25) is 0 Å². The predicted molar refractivity (Wildman–Crippen MR) is 96.3 cm³/mol. The van der Waals surface area contributed by atoms with E-state index in [2.05, 4.69) is 5.32 Å². The molecule has 1 aliphatic rings. The maximum atomic E-state index is 12.2. The minimum atomic E-state index is -0.442. The molecule has 0 fully saturated rings. The fourth-order valence-corrected chi connectivity index (χ4v) is 3.97. The van der Waals surface area contributed by atoms with Gasteiger partial charge in [-0.05, 0) is 61.6 Å². The topological polar surface area (TPSA) is 72.5 Å². The highest BCUT2D eigenvalue weighted by molar-refractivity contribution is 7.14. The summed E-state index contributed by atoms with van der Waals surface area (Å²) in [5.74, 6) is -0.890. The second kappa shape index (κ2) is 7.61. The molecule has 5 nitrogen and oxygen atoms in total. The Balaban J connectivity index is 1.57. The molecular weight excluding hydrogens is 338 g/mol. The highest BCUT2D eigenvalue weighted by Crippen LogP contribution is 2.30. The largest absolute Gasteiger partial charge is 0.453 e. The van der Waals surface area contributed by atoms with Crippen LogP contribution in [0.25, 0.3) is 0 Å². The van der Waals surface area contributed by atoms with E-state index in [0.717, 1.165) is 25.7 Å². The van der Waals surface area contributed by atoms with Gasteiger partial charge in [0.1, 0.15) is 4.88 Å². The van der Waals surface area contributed by atoms with Crippen molar-refractivity contribution in [2.24, 2.45) is 0 Å². The van der Waals surface area contributed by atoms with Crippen LogP contribution in [0.3, 0.4) is 0 Å². The van der Waals surface area contributed by atoms with E-state index in [9.17, 15) is 14.4 Å². The number of esters is 1. The summed E-state index contributed by atoms with van der Waals surface area (Å²) in [5, 5.41) is 2.63. The Kier molecular flexibility index (Phi) is 5.28. The normalized spacial score (nSPS) is 13.0. The number of anilines is 1. The number of thiophene rings is 1. The van der Waals surface area contributed by atoms with Crippen LogP contribution >= 0.6 is 11.3 Å². The van der Waals surface area contributed by atoms with Crippen LogP contribution in [0, 0.1) is 0 Å². The number of rotatable bonds is 5. The van der Waals surface area contributed by atoms with Gasteiger partial charge >= 0.3 is 5.97 Å². The van der Waals surface area contributed by atoms with Gasteiger partial charge in [0.2, 0.25) is 5.91 Å². The molecular formula is C19H19NO4S. The highest BCUT2D eigenvalue weighted by Gasteiger charge is 2.19. The van der Waals surface area contributed by atoms with Crippen LogP contribution in [-0.2, 0) is 22.4 Å². The molecule has 1 aromatic carbocycles. The molecule has 0 spiro atoms. The van der Waals surface area contributed by atoms with Gasteiger partial charge in [0, 0.05) is 23.1 Å². The van der Waals surface area contributed by atoms with Gasteiger partial charge in [-0.15, -0.1) is 11.3 Å². The maximum Gasteiger partial charge on any atom is 0.348 e. The summed E-state index contributed by atoms with van der Waals surface area (Å²) in [6.07, 6.45) is 4.35. The van der Waals surface area contributed by atoms with E-state index >= 15 is 0 Å². The minimum absolute atomic E-state index is 0.174. The smallest absolute Gasteiger partial charge is 0.348 e. The summed E-state index contributed by atoms with van der Waals surface area (Å²) in [6, 6.07) is 8.39. The molecule has 130 valence electrons. The molecule has 0 saturated carbocycles. The lowest BCUT2D eigenvalue weighted by atomic mass is 9.99. The summed E-state index contributed by atoms with van der Waals surface area (Å²) >= 11 is 1.47. The first-order chi connectivity index (χ1) is 12.0. The molecule has 6 heteroatoms. The number of benzene rings is 1. The Hall–Kier alpha value is -2.47. The second-order valence-electron chi connectivity index (χ2n) is 6.02. The van der Waals surface area contributed by atoms with Gasteiger partial charge in [0.25, 0.3) is 0 Å². The van der Waals surface area contributed by atoms with Gasteiger partial charge in [-0.1, -0.05) is 0 Å². The summed E-state index contributed by atoms with van der Waals surface area (Å²) in [7, 11) is 0. The number of aryl methyl sites for hydroxylation is 2. The van der Waals surface area contributed by atoms with Gasteiger partial charge in [0.05, 0.1) is 0 Å². The number of hydrogen-bond donors (Lipinski definition) is 1. The zero-order valence-corrected chi connectivity index (χ0v) is 14.8. The van der Waals surface area contributed by atoms with Crippen LogP contribution in [0.5, 0.6) is 0 Å². The molecule has 0 bridgehead atoms. The second-order valence-corrected chi connectivity index (χ2v) is 7.16. The van der Waals surface area contributed by atoms with Gasteiger partial charge in [-0.3, -0.25) is 9.59 Å². The van der Waals surface area contributed by atoms with E-state index < -0.39 is 5.97 Å². The van der Waals surface area contributed by atoms with E-state index in [-0.39, 0.29) is 18.3 Å². The number of Topliss-reactive ketones (excluding diaryl/α,β-unsaturated/α-hetero) is 1. The number of carbonyl (C=O) groups excluding carboxylic acids is 3. The van der Waals surface area contributed by atoms with Gasteiger partial charge < -0.3 is 10.1 Å². The molecule has 0 radical (unpaired) electrons. The van der Waals surface area contributed by atoms with Crippen LogP contribution in [-0.4, -0.2) is 24.3 Å². The van der Waals surface area contributed by atoms with Crippen molar-refractivity contribution in [1.29, 1.82) is 0 Å². The fourth-order valence-electron chi connectivity index (χ4n) is 2.82. The molecule has 1 amide bonds. The zero-order valence-electron chi connectivity index (χ0n) is 14.0. The Morgan fingerprint density at radius 1 is 1.12 bits per heavy atom. The molecule has 1 aliphatic carbocycles. The van der Waals surface area contributed by atoms with Crippen molar-refractivity contribution >= 4 is 34.7 Å². The van der Waals surface area contributed by atoms with E-state index in [4.69, 9.17) is 4.74 Å². The summed E-state index contributed by atoms with van der Waals surface area (Å²) in [4.78, 5) is 37.1. The molecule has 25 heavy (non-hydrogen) atoms. The number of ether oxygens (including phenoxy) is 1. The number of fused-ring (bicyclic) bond motifs is 1. The lowest BCUT2D eigenvalue weighted by Crippen LogP contribution is -2.13. The van der Waals surface area contributed by atoms with Crippen LogP contribution in [0.4, 0.5) is 5.69 Å². The monoisotopic (exact) mass is 357 g/mol. The lowest BCUT2D eigenvalue weighted by Gasteiger charge is -2.08. The number of hydrogen-bond acceptors (Lipinski definition) is 5. The first kappa shape index (κ1) is 17.4. The third-order valence-corrected chi connectivity index (χ3v) is 5.28. The molecule has 0 saturated heterocycles. The summed E-state index contributed by atoms with van der Waals surface area (Å²) < 4.78 is 5.17. The molecule has 3 rings (SSSR count). The van der Waals surface area contributed by atoms with Gasteiger partial charge in [-0.2, -0.15) is 0 Å². The molecule has 2 aromatic rings. The summed E-state index contributed by atoms with van der Waals surface area (Å²) in [6.45, 7) is 1.13. The van der Waals surface area contributed by atoms with Crippen molar-refractivity contribution in [3.05, 3.63) is 51.2 Å². The minimum Gasteiger partial charge on any atom is -0.453 e. The van der Waals surface area contributed by atoms with E-state index in [0.29, 0.717) is 16.1 Å². The maximum absolute atomic E-state index is 12.2. The number of nitrogens with one attached hydrogen (secondary N) is 1.